The van der Waals surface area contributed by atoms with E-state index in [2.05, 4.69) is 0 Å². The first kappa shape index (κ1) is 41.1. The molecule has 0 amide bonds. The van der Waals surface area contributed by atoms with Crippen LogP contribution in [0.5, 0.6) is 17.2 Å². The largest absolute Gasteiger partial charge is 0.507 e. The Balaban J connectivity index is 1.56. The number of esters is 1. The fourth-order valence-corrected chi connectivity index (χ4v) is 7.23. The Bertz CT molecular complexity index is 2260. The van der Waals surface area contributed by atoms with E-state index >= 15 is 0 Å². The minimum Gasteiger partial charge on any atom is -0.507 e. The summed E-state index contributed by atoms with van der Waals surface area (Å²) in [6.07, 6.45) is -3.24. The van der Waals surface area contributed by atoms with Crippen molar-refractivity contribution in [3.05, 3.63) is 121 Å². The standard InChI is InChI=1S/C43H42O14/c1-21-37(49)41(53)42(54)43(55-21)57-33-17-30-36(38(50)29(33)15-25-9-4-10-26(18-45)31(25)20-47)40(52)34-27(19-46)16-32(56-22(2)48)28(35(34)39(30)51)12-11-24-7-3-6-23(14-24)8-5-13-44/h3-4,6-7,9-12,14,16-17,20-21,37,41-46,49-50,53-54H,5,8,13,15,18-19H2,1-2H3/b12-11+/t21-,37+,41+,42+,43+/m0/s1. The summed E-state index contributed by atoms with van der Waals surface area (Å²) < 4.78 is 17.2. The molecular formula is C43H42O14. The van der Waals surface area contributed by atoms with Gasteiger partial charge in [0, 0.05) is 53.3 Å². The number of aliphatic hydroxyl groups is 6. The lowest BCUT2D eigenvalue weighted by molar-refractivity contribution is -0.268. The van der Waals surface area contributed by atoms with E-state index in [1.165, 1.54) is 25.1 Å². The summed E-state index contributed by atoms with van der Waals surface area (Å²) >= 11 is 0. The van der Waals surface area contributed by atoms with E-state index < -0.39 is 72.8 Å². The highest BCUT2D eigenvalue weighted by Gasteiger charge is 2.44. The Morgan fingerprint density at radius 2 is 1.53 bits per heavy atom. The lowest BCUT2D eigenvalue weighted by Gasteiger charge is -2.39. The molecule has 1 saturated heterocycles. The van der Waals surface area contributed by atoms with Gasteiger partial charge in [-0.2, -0.15) is 0 Å². The highest BCUT2D eigenvalue weighted by atomic mass is 16.7. The third kappa shape index (κ3) is 8.02. The molecule has 14 heteroatoms. The predicted molar refractivity (Wildman–Crippen MR) is 203 cm³/mol. The van der Waals surface area contributed by atoms with Gasteiger partial charge >= 0.3 is 5.97 Å². The van der Waals surface area contributed by atoms with Crippen LogP contribution in [0.25, 0.3) is 12.2 Å². The third-order valence-corrected chi connectivity index (χ3v) is 10.1. The van der Waals surface area contributed by atoms with E-state index in [1.807, 2.05) is 18.2 Å². The van der Waals surface area contributed by atoms with E-state index in [-0.39, 0.29) is 74.6 Å². The Morgan fingerprint density at radius 3 is 2.21 bits per heavy atom. The van der Waals surface area contributed by atoms with Crippen LogP contribution < -0.4 is 9.47 Å². The molecule has 0 unspecified atom stereocenters. The molecule has 4 aromatic rings. The fraction of sp³-hybridized carbons (Fsp3) is 0.302. The minimum absolute atomic E-state index is 0.00567. The lowest BCUT2D eigenvalue weighted by Crippen LogP contribution is -2.58. The molecule has 1 aliphatic carbocycles. The zero-order valence-corrected chi connectivity index (χ0v) is 31.0. The number of fused-ring (bicyclic) bond motifs is 2. The van der Waals surface area contributed by atoms with Crippen LogP contribution in [0.15, 0.2) is 54.6 Å². The van der Waals surface area contributed by atoms with Crippen LogP contribution in [-0.4, -0.2) is 96.9 Å². The van der Waals surface area contributed by atoms with E-state index in [9.17, 15) is 54.9 Å². The molecular weight excluding hydrogens is 740 g/mol. The van der Waals surface area contributed by atoms with Gasteiger partial charge in [-0.05, 0) is 65.8 Å². The third-order valence-electron chi connectivity index (χ3n) is 10.1. The van der Waals surface area contributed by atoms with Gasteiger partial charge in [0.2, 0.25) is 6.29 Å². The van der Waals surface area contributed by atoms with Crippen molar-refractivity contribution in [3.63, 3.8) is 0 Å². The first-order chi connectivity index (χ1) is 27.3. The molecule has 1 heterocycles. The summed E-state index contributed by atoms with van der Waals surface area (Å²) in [4.78, 5) is 54.0. The Kier molecular flexibility index (Phi) is 12.4. The van der Waals surface area contributed by atoms with Crippen molar-refractivity contribution in [1.29, 1.82) is 0 Å². The quantitative estimate of drug-likeness (QED) is 0.0394. The topological polar surface area (TPSA) is 238 Å². The molecule has 5 atom stereocenters. The van der Waals surface area contributed by atoms with Crippen LogP contribution in [0, 0.1) is 0 Å². The van der Waals surface area contributed by atoms with Gasteiger partial charge in [0.25, 0.3) is 0 Å². The van der Waals surface area contributed by atoms with Crippen LogP contribution in [0.2, 0.25) is 0 Å². The molecule has 0 bridgehead atoms. The first-order valence-electron chi connectivity index (χ1n) is 18.2. The number of aryl methyl sites for hydroxylation is 1. The van der Waals surface area contributed by atoms with E-state index in [0.717, 1.165) is 18.6 Å². The van der Waals surface area contributed by atoms with Crippen molar-refractivity contribution < 1.29 is 69.1 Å². The number of hydrogen-bond acceptors (Lipinski definition) is 14. The molecule has 0 spiro atoms. The maximum Gasteiger partial charge on any atom is 0.308 e. The zero-order chi connectivity index (χ0) is 41.1. The molecule has 57 heavy (non-hydrogen) atoms. The average molecular weight is 783 g/mol. The number of benzene rings is 4. The summed E-state index contributed by atoms with van der Waals surface area (Å²) in [6.45, 7) is 1.32. The number of phenolic OH excluding ortho intramolecular Hbond substituents is 1. The molecule has 0 radical (unpaired) electrons. The molecule has 2 aliphatic rings. The number of aliphatic hydroxyl groups excluding tert-OH is 6. The predicted octanol–water partition coefficient (Wildman–Crippen LogP) is 2.78. The van der Waals surface area contributed by atoms with Gasteiger partial charge in [-0.3, -0.25) is 19.2 Å². The average Bonchev–Trinajstić information content (AvgIpc) is 3.20. The van der Waals surface area contributed by atoms with Crippen molar-refractivity contribution in [1.82, 2.24) is 0 Å². The summed E-state index contributed by atoms with van der Waals surface area (Å²) in [5.74, 6) is -3.62. The van der Waals surface area contributed by atoms with Gasteiger partial charge < -0.3 is 50.0 Å². The fourth-order valence-electron chi connectivity index (χ4n) is 7.23. The molecule has 0 saturated carbocycles. The molecule has 14 nitrogen and oxygen atoms in total. The van der Waals surface area contributed by atoms with Crippen molar-refractivity contribution >= 4 is 36.0 Å². The molecule has 298 valence electrons. The SMILES string of the molecule is CC(=O)Oc1cc(CO)c2c(c1/C=C/c1cccc(CCCO)c1)C(=O)c1cc(O[C@H]3O[C@@H](C)[C@@H](O)[C@@H](O)[C@H]3O)c(Cc3cccc(CO)c3C=O)c(O)c1C2=O. The second-order valence-corrected chi connectivity index (χ2v) is 13.9. The van der Waals surface area contributed by atoms with E-state index in [1.54, 1.807) is 24.3 Å². The van der Waals surface area contributed by atoms with Gasteiger partial charge in [-0.1, -0.05) is 48.5 Å². The summed E-state index contributed by atoms with van der Waals surface area (Å²) in [5.41, 5.74) is 0.722. The van der Waals surface area contributed by atoms with Crippen LogP contribution in [0.3, 0.4) is 0 Å². The van der Waals surface area contributed by atoms with Gasteiger partial charge in [0.15, 0.2) is 17.9 Å². The Hall–Kier alpha value is -5.58. The number of ether oxygens (including phenoxy) is 3. The summed E-state index contributed by atoms with van der Waals surface area (Å²) in [7, 11) is 0. The highest BCUT2D eigenvalue weighted by molar-refractivity contribution is 6.31. The van der Waals surface area contributed by atoms with Crippen LogP contribution in [0.4, 0.5) is 0 Å². The number of aromatic hydroxyl groups is 1. The zero-order valence-electron chi connectivity index (χ0n) is 31.0. The second kappa shape index (κ2) is 17.3. The maximum atomic E-state index is 14.8. The highest BCUT2D eigenvalue weighted by Crippen LogP contribution is 2.45. The van der Waals surface area contributed by atoms with Crippen molar-refractivity contribution in [2.75, 3.05) is 6.61 Å². The molecule has 1 aliphatic heterocycles. The molecule has 7 N–H and O–H groups in total. The normalized spacial score (nSPS) is 20.3. The number of carbonyl (C=O) groups is 4. The lowest BCUT2D eigenvalue weighted by atomic mass is 9.77. The minimum atomic E-state index is -1.82. The first-order valence-corrected chi connectivity index (χ1v) is 18.2. The van der Waals surface area contributed by atoms with Gasteiger partial charge in [0.05, 0.1) is 24.9 Å². The van der Waals surface area contributed by atoms with Crippen molar-refractivity contribution in [2.45, 2.75) is 77.0 Å². The van der Waals surface area contributed by atoms with Gasteiger partial charge in [0.1, 0.15) is 35.6 Å². The summed E-state index contributed by atoms with van der Waals surface area (Å²) in [5, 5.41) is 73.4. The van der Waals surface area contributed by atoms with Crippen LogP contribution in [-0.2, 0) is 35.6 Å². The summed E-state index contributed by atoms with van der Waals surface area (Å²) in [6, 6.07) is 14.4. The number of ketones is 2. The van der Waals surface area contributed by atoms with Crippen molar-refractivity contribution in [3.8, 4) is 17.2 Å². The molecule has 6 rings (SSSR count). The van der Waals surface area contributed by atoms with E-state index in [0.29, 0.717) is 24.7 Å². The van der Waals surface area contributed by atoms with Gasteiger partial charge in [-0.25, -0.2) is 0 Å². The molecule has 1 fully saturated rings. The number of hydrogen-bond donors (Lipinski definition) is 7. The number of rotatable bonds is 13. The monoisotopic (exact) mass is 782 g/mol. The van der Waals surface area contributed by atoms with Crippen LogP contribution >= 0.6 is 0 Å². The molecule has 0 aromatic heterocycles. The Morgan fingerprint density at radius 1 is 0.807 bits per heavy atom. The van der Waals surface area contributed by atoms with E-state index in [4.69, 9.17) is 14.2 Å². The smallest absolute Gasteiger partial charge is 0.308 e. The second-order valence-electron chi connectivity index (χ2n) is 13.9. The van der Waals surface area contributed by atoms with Crippen LogP contribution in [0.1, 0.15) is 101 Å². The Labute approximate surface area is 326 Å². The number of phenols is 1. The molecule has 4 aromatic carbocycles. The van der Waals surface area contributed by atoms with Gasteiger partial charge in [-0.15, -0.1) is 0 Å². The number of carbonyl (C=O) groups excluding carboxylic acids is 4. The number of aldehydes is 1. The maximum absolute atomic E-state index is 14.8. The van der Waals surface area contributed by atoms with Crippen molar-refractivity contribution in [2.24, 2.45) is 0 Å².